The number of methoxy groups -OCH3 is 1. The van der Waals surface area contributed by atoms with Crippen LogP contribution in [0.4, 0.5) is 0 Å². The highest BCUT2D eigenvalue weighted by atomic mass is 32.2. The van der Waals surface area contributed by atoms with Crippen LogP contribution >= 0.6 is 11.8 Å². The molecule has 0 N–H and O–H groups in total. The van der Waals surface area contributed by atoms with Gasteiger partial charge in [0.1, 0.15) is 24.9 Å². The molecule has 0 radical (unpaired) electrons. The van der Waals surface area contributed by atoms with E-state index in [4.69, 9.17) is 18.9 Å². The molecule has 2 unspecified atom stereocenters. The van der Waals surface area contributed by atoms with Crippen molar-refractivity contribution >= 4 is 11.8 Å². The lowest BCUT2D eigenvalue weighted by molar-refractivity contribution is 0.162. The van der Waals surface area contributed by atoms with E-state index in [2.05, 4.69) is 21.8 Å². The number of likely N-dealkylation sites (tertiary alicyclic amines) is 1. The first-order chi connectivity index (χ1) is 14.1. The second kappa shape index (κ2) is 9.09. The Labute approximate surface area is 175 Å². The molecule has 0 aromatic carbocycles. The first-order valence-electron chi connectivity index (χ1n) is 9.90. The highest BCUT2D eigenvalue weighted by molar-refractivity contribution is 7.99. The molecule has 8 heteroatoms. The SMILES string of the molecule is COc1cc(OCSC2CCN(C(C)c3ccc4c(n3)OCCO4)C2)cc(C)n1. The van der Waals surface area contributed by atoms with Crippen LogP contribution in [0.5, 0.6) is 23.3 Å². The molecule has 1 fully saturated rings. The van der Waals surface area contributed by atoms with Gasteiger partial charge in [-0.15, -0.1) is 11.8 Å². The molecule has 4 rings (SSSR count). The van der Waals surface area contributed by atoms with Crippen molar-refractivity contribution in [3.8, 4) is 23.3 Å². The fraction of sp³-hybridized carbons (Fsp3) is 0.524. The summed E-state index contributed by atoms with van der Waals surface area (Å²) in [4.78, 5) is 11.4. The molecule has 2 atom stereocenters. The maximum atomic E-state index is 5.92. The minimum atomic E-state index is 0.240. The Kier molecular flexibility index (Phi) is 6.30. The maximum absolute atomic E-state index is 5.92. The standard InChI is InChI=1S/C21H27N3O4S/c1-14-10-16(11-20(22-14)25-3)28-13-29-17-6-7-24(12-17)15(2)18-4-5-19-21(23-18)27-9-8-26-19/h4-5,10-11,15,17H,6-9,12-13H2,1-3H3. The summed E-state index contributed by atoms with van der Waals surface area (Å²) in [6, 6.07) is 8.00. The van der Waals surface area contributed by atoms with Crippen LogP contribution in [0.25, 0.3) is 0 Å². The van der Waals surface area contributed by atoms with Crippen molar-refractivity contribution in [1.82, 2.24) is 14.9 Å². The summed E-state index contributed by atoms with van der Waals surface area (Å²) >= 11 is 1.85. The van der Waals surface area contributed by atoms with Crippen molar-refractivity contribution in [2.75, 3.05) is 39.4 Å². The van der Waals surface area contributed by atoms with Crippen LogP contribution in [0.1, 0.15) is 30.8 Å². The van der Waals surface area contributed by atoms with Crippen LogP contribution in [0.15, 0.2) is 24.3 Å². The number of rotatable bonds is 7. The van der Waals surface area contributed by atoms with Gasteiger partial charge >= 0.3 is 0 Å². The van der Waals surface area contributed by atoms with Crippen LogP contribution < -0.4 is 18.9 Å². The van der Waals surface area contributed by atoms with Crippen LogP contribution in [-0.4, -0.2) is 59.5 Å². The Morgan fingerprint density at radius 1 is 1.24 bits per heavy atom. The molecule has 29 heavy (non-hydrogen) atoms. The molecule has 0 bridgehead atoms. The predicted octanol–water partition coefficient (Wildman–Crippen LogP) is 3.47. The fourth-order valence-corrected chi connectivity index (χ4v) is 4.57. The number of hydrogen-bond donors (Lipinski definition) is 0. The number of thioether (sulfide) groups is 1. The third-order valence-corrected chi connectivity index (χ3v) is 6.33. The Balaban J connectivity index is 1.28. The van der Waals surface area contributed by atoms with Crippen molar-refractivity contribution in [2.45, 2.75) is 31.6 Å². The second-order valence-electron chi connectivity index (χ2n) is 7.23. The molecular weight excluding hydrogens is 390 g/mol. The molecule has 4 heterocycles. The first-order valence-corrected chi connectivity index (χ1v) is 10.9. The van der Waals surface area contributed by atoms with Gasteiger partial charge in [-0.25, -0.2) is 9.97 Å². The van der Waals surface area contributed by atoms with Gasteiger partial charge in [0.05, 0.1) is 12.8 Å². The smallest absolute Gasteiger partial charge is 0.257 e. The third kappa shape index (κ3) is 4.87. The first kappa shape index (κ1) is 20.1. The number of ether oxygens (including phenoxy) is 4. The summed E-state index contributed by atoms with van der Waals surface area (Å²) in [5, 5.41) is 0.541. The van der Waals surface area contributed by atoms with E-state index in [0.717, 1.165) is 42.4 Å². The minimum Gasteiger partial charge on any atom is -0.484 e. The zero-order valence-corrected chi connectivity index (χ0v) is 17.9. The summed E-state index contributed by atoms with van der Waals surface area (Å²) in [6.45, 7) is 7.35. The summed E-state index contributed by atoms with van der Waals surface area (Å²) in [5.41, 5.74) is 1.91. The van der Waals surface area contributed by atoms with Gasteiger partial charge in [-0.3, -0.25) is 4.90 Å². The molecule has 0 spiro atoms. The topological polar surface area (TPSA) is 65.9 Å². The normalized spacial score (nSPS) is 19.8. The number of aryl methyl sites for hydroxylation is 1. The summed E-state index contributed by atoms with van der Waals surface area (Å²) in [5.74, 6) is 3.34. The lowest BCUT2D eigenvalue weighted by Crippen LogP contribution is -2.26. The molecular formula is C21H27N3O4S. The monoisotopic (exact) mass is 417 g/mol. The number of fused-ring (bicyclic) bond motifs is 1. The minimum absolute atomic E-state index is 0.240. The fourth-order valence-electron chi connectivity index (χ4n) is 3.60. The van der Waals surface area contributed by atoms with Crippen LogP contribution in [-0.2, 0) is 0 Å². The molecule has 7 nitrogen and oxygen atoms in total. The highest BCUT2D eigenvalue weighted by Gasteiger charge is 2.28. The average Bonchev–Trinajstić information content (AvgIpc) is 3.21. The van der Waals surface area contributed by atoms with E-state index in [1.165, 1.54) is 0 Å². The molecule has 0 aliphatic carbocycles. The van der Waals surface area contributed by atoms with Crippen molar-refractivity contribution in [2.24, 2.45) is 0 Å². The highest BCUT2D eigenvalue weighted by Crippen LogP contribution is 2.33. The number of aromatic nitrogens is 2. The number of pyridine rings is 2. The Morgan fingerprint density at radius 2 is 2.10 bits per heavy atom. The molecule has 2 aliphatic rings. The van der Waals surface area contributed by atoms with Gasteiger partial charge in [0.2, 0.25) is 5.88 Å². The van der Waals surface area contributed by atoms with Gasteiger partial charge in [-0.05, 0) is 38.9 Å². The van der Waals surface area contributed by atoms with Gasteiger partial charge in [0.15, 0.2) is 5.75 Å². The summed E-state index contributed by atoms with van der Waals surface area (Å²) in [6.07, 6.45) is 1.14. The van der Waals surface area contributed by atoms with E-state index in [9.17, 15) is 0 Å². The number of hydrogen-bond acceptors (Lipinski definition) is 8. The van der Waals surface area contributed by atoms with Crippen LogP contribution in [0.3, 0.4) is 0 Å². The largest absolute Gasteiger partial charge is 0.484 e. The van der Waals surface area contributed by atoms with Gasteiger partial charge in [0, 0.05) is 35.7 Å². The van der Waals surface area contributed by atoms with E-state index in [-0.39, 0.29) is 6.04 Å². The van der Waals surface area contributed by atoms with Gasteiger partial charge in [0.25, 0.3) is 5.88 Å². The molecule has 2 aromatic heterocycles. The Bertz CT molecular complexity index is 851. The lowest BCUT2D eigenvalue weighted by atomic mass is 10.2. The van der Waals surface area contributed by atoms with Crippen molar-refractivity contribution in [3.05, 3.63) is 35.7 Å². The van der Waals surface area contributed by atoms with E-state index >= 15 is 0 Å². The Morgan fingerprint density at radius 3 is 2.97 bits per heavy atom. The third-order valence-electron chi connectivity index (χ3n) is 5.22. The molecule has 2 aliphatic heterocycles. The molecule has 1 saturated heterocycles. The van der Waals surface area contributed by atoms with E-state index in [0.29, 0.717) is 36.2 Å². The predicted molar refractivity (Wildman–Crippen MR) is 112 cm³/mol. The van der Waals surface area contributed by atoms with Crippen LogP contribution in [0, 0.1) is 6.92 Å². The van der Waals surface area contributed by atoms with E-state index in [1.807, 2.05) is 43.0 Å². The van der Waals surface area contributed by atoms with Crippen LogP contribution in [0.2, 0.25) is 0 Å². The maximum Gasteiger partial charge on any atom is 0.257 e. The van der Waals surface area contributed by atoms with E-state index in [1.54, 1.807) is 7.11 Å². The lowest BCUT2D eigenvalue weighted by Gasteiger charge is -2.25. The van der Waals surface area contributed by atoms with Gasteiger partial charge in [-0.2, -0.15) is 0 Å². The molecule has 156 valence electrons. The van der Waals surface area contributed by atoms with Crippen molar-refractivity contribution < 1.29 is 18.9 Å². The zero-order valence-electron chi connectivity index (χ0n) is 17.1. The average molecular weight is 418 g/mol. The quantitative estimate of drug-likeness (QED) is 0.635. The molecule has 0 amide bonds. The van der Waals surface area contributed by atoms with Crippen molar-refractivity contribution in [1.29, 1.82) is 0 Å². The molecule has 0 saturated carbocycles. The number of nitrogens with zero attached hydrogens (tertiary/aromatic N) is 3. The van der Waals surface area contributed by atoms with Gasteiger partial charge in [-0.1, -0.05) is 0 Å². The summed E-state index contributed by atoms with van der Waals surface area (Å²) in [7, 11) is 1.62. The van der Waals surface area contributed by atoms with E-state index < -0.39 is 0 Å². The Hall–Kier alpha value is -2.19. The summed E-state index contributed by atoms with van der Waals surface area (Å²) < 4.78 is 22.3. The second-order valence-corrected chi connectivity index (χ2v) is 8.47. The molecule has 2 aromatic rings. The zero-order chi connectivity index (χ0) is 20.2. The van der Waals surface area contributed by atoms with Crippen molar-refractivity contribution in [3.63, 3.8) is 0 Å². The van der Waals surface area contributed by atoms with Gasteiger partial charge < -0.3 is 18.9 Å².